The first-order valence-electron chi connectivity index (χ1n) is 7.59. The summed E-state index contributed by atoms with van der Waals surface area (Å²) in [6.07, 6.45) is 0.904. The van der Waals surface area contributed by atoms with Crippen LogP contribution in [0, 0.1) is 0 Å². The van der Waals surface area contributed by atoms with Crippen molar-refractivity contribution in [3.63, 3.8) is 0 Å². The van der Waals surface area contributed by atoms with Crippen molar-refractivity contribution in [2.24, 2.45) is 5.10 Å². The van der Waals surface area contributed by atoms with E-state index in [4.69, 9.17) is 11.6 Å². The molecule has 0 radical (unpaired) electrons. The fraction of sp³-hybridized carbons (Fsp3) is 0.176. The monoisotopic (exact) mass is 377 g/mol. The van der Waals surface area contributed by atoms with E-state index in [1.165, 1.54) is 24.3 Å². The predicted octanol–water partition coefficient (Wildman–Crippen LogP) is 3.04. The maximum atomic E-state index is 12.2. The van der Waals surface area contributed by atoms with Crippen molar-refractivity contribution >= 4 is 38.9 Å². The van der Waals surface area contributed by atoms with E-state index in [0.29, 0.717) is 5.02 Å². The molecule has 1 aliphatic rings. The third kappa shape index (κ3) is 4.00. The van der Waals surface area contributed by atoms with Gasteiger partial charge >= 0.3 is 0 Å². The Labute approximate surface area is 151 Å². The average Bonchev–Trinajstić information content (AvgIpc) is 3.01. The Hall–Kier alpha value is -2.38. The number of benzene rings is 2. The van der Waals surface area contributed by atoms with Crippen molar-refractivity contribution in [3.05, 3.63) is 59.1 Å². The van der Waals surface area contributed by atoms with Crippen LogP contribution in [0.15, 0.2) is 58.5 Å². The first-order valence-corrected chi connectivity index (χ1v) is 9.46. The number of rotatable bonds is 4. The lowest BCUT2D eigenvalue weighted by atomic mass is 10.2. The van der Waals surface area contributed by atoms with Gasteiger partial charge in [-0.3, -0.25) is 9.80 Å². The van der Waals surface area contributed by atoms with Gasteiger partial charge in [-0.15, -0.1) is 0 Å². The molecule has 1 N–H and O–H groups in total. The number of amides is 1. The number of hydrogen-bond donors (Lipinski definition) is 1. The highest BCUT2D eigenvalue weighted by atomic mass is 35.5. The number of carbonyl (C=O) groups excluding carboxylic acids is 1. The molecule has 6 nitrogen and oxygen atoms in total. The fourth-order valence-corrected chi connectivity index (χ4v) is 3.50. The third-order valence-corrected chi connectivity index (χ3v) is 5.35. The fourth-order valence-electron chi connectivity index (χ4n) is 2.40. The van der Waals surface area contributed by atoms with Crippen LogP contribution in [0.3, 0.4) is 0 Å². The molecule has 0 saturated heterocycles. The van der Waals surface area contributed by atoms with Gasteiger partial charge in [0.15, 0.2) is 0 Å². The van der Waals surface area contributed by atoms with Gasteiger partial charge in [0.1, 0.15) is 0 Å². The standard InChI is InChI=1S/C17H16ClN3O3S/c1-12-10-11-21(19-12)15-6-2-13(3-7-15)17(22)20-25(23,24)16-8-4-14(18)5-9-16/h2-9H,10-11H2,1H3,(H,20,22). The minimum absolute atomic E-state index is 0.0243. The molecule has 130 valence electrons. The summed E-state index contributed by atoms with van der Waals surface area (Å²) in [6, 6.07) is 12.2. The highest BCUT2D eigenvalue weighted by Gasteiger charge is 2.19. The lowest BCUT2D eigenvalue weighted by Crippen LogP contribution is -2.30. The molecule has 0 bridgehead atoms. The molecule has 0 fully saturated rings. The maximum Gasteiger partial charge on any atom is 0.264 e. The molecule has 0 aliphatic carbocycles. The molecule has 1 aliphatic heterocycles. The minimum Gasteiger partial charge on any atom is -0.268 e. The van der Waals surface area contributed by atoms with E-state index in [1.807, 2.05) is 11.9 Å². The van der Waals surface area contributed by atoms with Crippen LogP contribution in [0.2, 0.25) is 5.02 Å². The Morgan fingerprint density at radius 1 is 1.12 bits per heavy atom. The van der Waals surface area contributed by atoms with Gasteiger partial charge in [0.25, 0.3) is 15.9 Å². The second kappa shape index (κ2) is 6.85. The van der Waals surface area contributed by atoms with Gasteiger partial charge in [0, 0.05) is 29.3 Å². The van der Waals surface area contributed by atoms with Gasteiger partial charge in [0.2, 0.25) is 0 Å². The maximum absolute atomic E-state index is 12.2. The Bertz CT molecular complexity index is 923. The molecule has 0 atom stereocenters. The van der Waals surface area contributed by atoms with Crippen LogP contribution in [-0.2, 0) is 10.0 Å². The molecule has 8 heteroatoms. The first-order chi connectivity index (χ1) is 11.8. The molecular weight excluding hydrogens is 362 g/mol. The smallest absolute Gasteiger partial charge is 0.264 e. The largest absolute Gasteiger partial charge is 0.268 e. The zero-order chi connectivity index (χ0) is 18.0. The second-order valence-electron chi connectivity index (χ2n) is 5.64. The highest BCUT2D eigenvalue weighted by Crippen LogP contribution is 2.20. The Kier molecular flexibility index (Phi) is 4.78. The van der Waals surface area contributed by atoms with E-state index in [1.54, 1.807) is 24.3 Å². The van der Waals surface area contributed by atoms with E-state index >= 15 is 0 Å². The van der Waals surface area contributed by atoms with Gasteiger partial charge in [0.05, 0.1) is 10.6 Å². The summed E-state index contributed by atoms with van der Waals surface area (Å²) in [5, 5.41) is 6.65. The number of halogens is 1. The molecule has 0 unspecified atom stereocenters. The van der Waals surface area contributed by atoms with E-state index in [9.17, 15) is 13.2 Å². The number of carbonyl (C=O) groups is 1. The van der Waals surface area contributed by atoms with Gasteiger partial charge in [-0.2, -0.15) is 5.10 Å². The van der Waals surface area contributed by atoms with E-state index < -0.39 is 15.9 Å². The van der Waals surface area contributed by atoms with Crippen molar-refractivity contribution < 1.29 is 13.2 Å². The molecule has 2 aromatic carbocycles. The molecule has 25 heavy (non-hydrogen) atoms. The summed E-state index contributed by atoms with van der Waals surface area (Å²) in [7, 11) is -3.95. The second-order valence-corrected chi connectivity index (χ2v) is 7.76. The van der Waals surface area contributed by atoms with Crippen LogP contribution in [0.25, 0.3) is 0 Å². The summed E-state index contributed by atoms with van der Waals surface area (Å²) >= 11 is 5.75. The van der Waals surface area contributed by atoms with Crippen molar-refractivity contribution in [2.75, 3.05) is 11.6 Å². The SMILES string of the molecule is CC1=NN(c2ccc(C(=O)NS(=O)(=O)c3ccc(Cl)cc3)cc2)CC1. The van der Waals surface area contributed by atoms with Crippen molar-refractivity contribution in [2.45, 2.75) is 18.2 Å². The van der Waals surface area contributed by atoms with Gasteiger partial charge < -0.3 is 0 Å². The van der Waals surface area contributed by atoms with Crippen molar-refractivity contribution in [1.82, 2.24) is 4.72 Å². The Balaban J connectivity index is 1.74. The van der Waals surface area contributed by atoms with Crippen LogP contribution < -0.4 is 9.73 Å². The zero-order valence-corrected chi connectivity index (χ0v) is 15.0. The third-order valence-electron chi connectivity index (χ3n) is 3.76. The van der Waals surface area contributed by atoms with Crippen molar-refractivity contribution in [3.8, 4) is 0 Å². The molecule has 0 aromatic heterocycles. The Morgan fingerprint density at radius 3 is 2.32 bits per heavy atom. The number of nitrogens with one attached hydrogen (secondary N) is 1. The van der Waals surface area contributed by atoms with Gasteiger partial charge in [-0.1, -0.05) is 11.6 Å². The van der Waals surface area contributed by atoms with Gasteiger partial charge in [-0.05, 0) is 55.5 Å². The molecule has 3 rings (SSSR count). The van der Waals surface area contributed by atoms with Crippen LogP contribution in [0.5, 0.6) is 0 Å². The summed E-state index contributed by atoms with van der Waals surface area (Å²) in [5.74, 6) is -0.692. The topological polar surface area (TPSA) is 78.8 Å². The molecular formula is C17H16ClN3O3S. The van der Waals surface area contributed by atoms with Crippen LogP contribution in [0.4, 0.5) is 5.69 Å². The quantitative estimate of drug-likeness (QED) is 0.888. The number of hydrazone groups is 1. The van der Waals surface area contributed by atoms with E-state index in [-0.39, 0.29) is 10.5 Å². The highest BCUT2D eigenvalue weighted by molar-refractivity contribution is 7.90. The predicted molar refractivity (Wildman–Crippen MR) is 97.6 cm³/mol. The lowest BCUT2D eigenvalue weighted by Gasteiger charge is -2.14. The number of anilines is 1. The summed E-state index contributed by atoms with van der Waals surface area (Å²) in [5.41, 5.74) is 2.16. The Morgan fingerprint density at radius 2 is 1.76 bits per heavy atom. The van der Waals surface area contributed by atoms with E-state index in [2.05, 4.69) is 9.82 Å². The van der Waals surface area contributed by atoms with Crippen LogP contribution in [0.1, 0.15) is 23.7 Å². The van der Waals surface area contributed by atoms with Gasteiger partial charge in [-0.25, -0.2) is 13.1 Å². The summed E-state index contributed by atoms with van der Waals surface area (Å²) in [4.78, 5) is 12.2. The summed E-state index contributed by atoms with van der Waals surface area (Å²) < 4.78 is 26.5. The normalized spacial score (nSPS) is 14.3. The molecule has 1 heterocycles. The molecule has 1 amide bonds. The zero-order valence-electron chi connectivity index (χ0n) is 13.4. The summed E-state index contributed by atoms with van der Waals surface area (Å²) in [6.45, 7) is 2.76. The average molecular weight is 378 g/mol. The van der Waals surface area contributed by atoms with Crippen LogP contribution >= 0.6 is 11.6 Å². The van der Waals surface area contributed by atoms with E-state index in [0.717, 1.165) is 24.4 Å². The van der Waals surface area contributed by atoms with Crippen molar-refractivity contribution in [1.29, 1.82) is 0 Å². The molecule has 2 aromatic rings. The lowest BCUT2D eigenvalue weighted by molar-refractivity contribution is 0.0981. The molecule has 0 spiro atoms. The number of sulfonamides is 1. The minimum atomic E-state index is -3.95. The number of nitrogens with zero attached hydrogens (tertiary/aromatic N) is 2. The molecule has 0 saturated carbocycles. The first kappa shape index (κ1) is 17.4. The number of hydrogen-bond acceptors (Lipinski definition) is 5. The van der Waals surface area contributed by atoms with Crippen LogP contribution in [-0.4, -0.2) is 26.6 Å².